The molecule has 4 rings (SSSR count). The minimum atomic E-state index is -4.20. The van der Waals surface area contributed by atoms with E-state index in [1.807, 2.05) is 0 Å². The van der Waals surface area contributed by atoms with Gasteiger partial charge in [0, 0.05) is 35.9 Å². The maximum absolute atomic E-state index is 14.6. The van der Waals surface area contributed by atoms with Crippen molar-refractivity contribution in [2.24, 2.45) is 0 Å². The maximum atomic E-state index is 14.6. The Hall–Kier alpha value is -3.41. The van der Waals surface area contributed by atoms with Gasteiger partial charge < -0.3 is 0 Å². The minimum absolute atomic E-state index is 0.00614. The monoisotopic (exact) mass is 473 g/mol. The lowest BCUT2D eigenvalue weighted by Crippen LogP contribution is -2.13. The summed E-state index contributed by atoms with van der Waals surface area (Å²) < 4.78 is 71.6. The van der Waals surface area contributed by atoms with Crippen molar-refractivity contribution in [3.05, 3.63) is 85.2 Å². The lowest BCUT2D eigenvalue weighted by molar-refractivity contribution is 0.398. The van der Waals surface area contributed by atoms with Crippen LogP contribution in [0, 0.1) is 5.82 Å². The highest BCUT2D eigenvalue weighted by molar-refractivity contribution is 7.90. The number of nitrogens with zero attached hydrogens (tertiary/aromatic N) is 3. The number of aromatic nitrogens is 3. The van der Waals surface area contributed by atoms with Crippen molar-refractivity contribution in [3.8, 4) is 22.5 Å². The number of halogens is 1. The summed E-state index contributed by atoms with van der Waals surface area (Å²) in [6.45, 7) is 0. The van der Waals surface area contributed by atoms with Crippen LogP contribution in [0.2, 0.25) is 0 Å². The Morgan fingerprint density at radius 3 is 2.41 bits per heavy atom. The number of hydrogen-bond acceptors (Lipinski definition) is 7. The molecule has 0 saturated carbocycles. The summed E-state index contributed by atoms with van der Waals surface area (Å²) in [6.07, 6.45) is 5.15. The maximum Gasteiger partial charge on any atom is 0.298 e. The number of hydrogen-bond donors (Lipinski definition) is 0. The SMILES string of the molecule is COS(=O)(=O)c1cccnc1-c1cc(-c2ccccc2F)n(S(=O)(=O)c2cccnc2)c1. The molecule has 0 amide bonds. The third kappa shape index (κ3) is 3.81. The molecule has 11 heteroatoms. The first-order chi connectivity index (χ1) is 15.3. The van der Waals surface area contributed by atoms with E-state index in [9.17, 15) is 21.2 Å². The Kier molecular flexibility index (Phi) is 5.63. The predicted molar refractivity (Wildman–Crippen MR) is 114 cm³/mol. The fourth-order valence-corrected chi connectivity index (χ4v) is 5.32. The first-order valence-electron chi connectivity index (χ1n) is 9.14. The molecule has 0 radical (unpaired) electrons. The molecule has 0 aliphatic heterocycles. The van der Waals surface area contributed by atoms with E-state index < -0.39 is 26.0 Å². The Morgan fingerprint density at radius 2 is 1.72 bits per heavy atom. The van der Waals surface area contributed by atoms with Crippen molar-refractivity contribution in [3.63, 3.8) is 0 Å². The van der Waals surface area contributed by atoms with E-state index in [1.165, 1.54) is 73.3 Å². The van der Waals surface area contributed by atoms with Gasteiger partial charge in [-0.3, -0.25) is 14.2 Å². The van der Waals surface area contributed by atoms with Gasteiger partial charge in [0.05, 0.1) is 18.5 Å². The van der Waals surface area contributed by atoms with Gasteiger partial charge in [-0.1, -0.05) is 12.1 Å². The molecule has 0 aliphatic carbocycles. The molecule has 0 unspecified atom stereocenters. The van der Waals surface area contributed by atoms with Gasteiger partial charge >= 0.3 is 0 Å². The third-order valence-electron chi connectivity index (χ3n) is 4.66. The Labute approximate surface area is 184 Å². The second kappa shape index (κ2) is 8.26. The van der Waals surface area contributed by atoms with Gasteiger partial charge in [0.2, 0.25) is 0 Å². The van der Waals surface area contributed by atoms with E-state index in [2.05, 4.69) is 14.2 Å². The van der Waals surface area contributed by atoms with Crippen LogP contribution in [0.5, 0.6) is 0 Å². The minimum Gasteiger partial charge on any atom is -0.270 e. The molecule has 3 heterocycles. The standard InChI is InChI=1S/C21H16FN3O5S2/c1-30-32(28,29)20-9-5-11-24-21(20)15-12-19(17-7-2-3-8-18(17)22)25(14-15)31(26,27)16-6-4-10-23-13-16/h2-14H,1H3. The molecular weight excluding hydrogens is 457 g/mol. The van der Waals surface area contributed by atoms with E-state index >= 15 is 0 Å². The van der Waals surface area contributed by atoms with Crippen molar-refractivity contribution >= 4 is 20.1 Å². The molecule has 0 aliphatic rings. The molecule has 0 N–H and O–H groups in total. The second-order valence-electron chi connectivity index (χ2n) is 6.55. The topological polar surface area (TPSA) is 108 Å². The fraction of sp³-hybridized carbons (Fsp3) is 0.0476. The highest BCUT2D eigenvalue weighted by atomic mass is 32.2. The number of pyridine rings is 2. The molecule has 0 atom stereocenters. The van der Waals surface area contributed by atoms with Crippen molar-refractivity contribution in [1.29, 1.82) is 0 Å². The highest BCUT2D eigenvalue weighted by Gasteiger charge is 2.27. The first kappa shape index (κ1) is 21.8. The van der Waals surface area contributed by atoms with E-state index in [1.54, 1.807) is 6.07 Å². The molecule has 32 heavy (non-hydrogen) atoms. The molecule has 0 saturated heterocycles. The van der Waals surface area contributed by atoms with Gasteiger partial charge in [-0.2, -0.15) is 8.42 Å². The van der Waals surface area contributed by atoms with Gasteiger partial charge in [0.15, 0.2) is 0 Å². The Balaban J connectivity index is 2.03. The van der Waals surface area contributed by atoms with Crippen molar-refractivity contribution < 1.29 is 25.4 Å². The van der Waals surface area contributed by atoms with Crippen LogP contribution in [-0.4, -0.2) is 37.9 Å². The van der Waals surface area contributed by atoms with Crippen molar-refractivity contribution in [2.75, 3.05) is 7.11 Å². The molecule has 0 fully saturated rings. The molecule has 164 valence electrons. The molecule has 0 spiro atoms. The molecule has 8 nitrogen and oxygen atoms in total. The van der Waals surface area contributed by atoms with Crippen LogP contribution in [0.25, 0.3) is 22.5 Å². The van der Waals surface area contributed by atoms with Crippen LogP contribution in [0.15, 0.2) is 89.2 Å². The van der Waals surface area contributed by atoms with Crippen molar-refractivity contribution in [1.82, 2.24) is 13.9 Å². The summed E-state index contributed by atoms with van der Waals surface area (Å²) in [5, 5.41) is 0. The van der Waals surface area contributed by atoms with Gasteiger partial charge in [-0.15, -0.1) is 0 Å². The number of rotatable bonds is 6. The summed E-state index contributed by atoms with van der Waals surface area (Å²) >= 11 is 0. The summed E-state index contributed by atoms with van der Waals surface area (Å²) in [5.74, 6) is -0.648. The third-order valence-corrected chi connectivity index (χ3v) is 7.62. The van der Waals surface area contributed by atoms with Gasteiger partial charge in [-0.05, 0) is 42.5 Å². The van der Waals surface area contributed by atoms with E-state index in [-0.39, 0.29) is 32.3 Å². The summed E-state index contributed by atoms with van der Waals surface area (Å²) in [5.41, 5.74) is 0.116. The van der Waals surface area contributed by atoms with Gasteiger partial charge in [0.25, 0.3) is 20.1 Å². The van der Waals surface area contributed by atoms with Crippen LogP contribution in [-0.2, 0) is 24.3 Å². The fourth-order valence-electron chi connectivity index (χ4n) is 3.15. The molecule has 1 aromatic carbocycles. The van der Waals surface area contributed by atoms with E-state index in [0.29, 0.717) is 0 Å². The lowest BCUT2D eigenvalue weighted by atomic mass is 10.1. The summed E-state index contributed by atoms with van der Waals surface area (Å²) in [7, 11) is -7.33. The lowest BCUT2D eigenvalue weighted by Gasteiger charge is -2.10. The highest BCUT2D eigenvalue weighted by Crippen LogP contribution is 2.34. The first-order valence-corrected chi connectivity index (χ1v) is 12.0. The average molecular weight is 474 g/mol. The zero-order chi connectivity index (χ0) is 22.9. The smallest absolute Gasteiger partial charge is 0.270 e. The summed E-state index contributed by atoms with van der Waals surface area (Å²) in [6, 6.07) is 12.5. The Morgan fingerprint density at radius 1 is 0.969 bits per heavy atom. The molecule has 0 bridgehead atoms. The Bertz CT molecular complexity index is 1500. The summed E-state index contributed by atoms with van der Waals surface area (Å²) in [4.78, 5) is 7.59. The molecule has 4 aromatic rings. The van der Waals surface area contributed by atoms with Crippen LogP contribution >= 0.6 is 0 Å². The normalized spacial score (nSPS) is 12.1. The largest absolute Gasteiger partial charge is 0.298 e. The van der Waals surface area contributed by atoms with Crippen LogP contribution in [0.4, 0.5) is 4.39 Å². The average Bonchev–Trinajstić information content (AvgIpc) is 3.26. The van der Waals surface area contributed by atoms with E-state index in [4.69, 9.17) is 0 Å². The predicted octanol–water partition coefficient (Wildman–Crippen LogP) is 3.32. The van der Waals surface area contributed by atoms with E-state index in [0.717, 1.165) is 11.1 Å². The van der Waals surface area contributed by atoms with Crippen molar-refractivity contribution in [2.45, 2.75) is 9.79 Å². The zero-order valence-electron chi connectivity index (χ0n) is 16.6. The molecular formula is C21H16FN3O5S2. The van der Waals surface area contributed by atoms with Crippen LogP contribution in [0.3, 0.4) is 0 Å². The quantitative estimate of drug-likeness (QED) is 0.395. The van der Waals surface area contributed by atoms with Gasteiger partial charge in [0.1, 0.15) is 15.6 Å². The zero-order valence-corrected chi connectivity index (χ0v) is 18.2. The number of benzene rings is 1. The van der Waals surface area contributed by atoms with Crippen LogP contribution < -0.4 is 0 Å². The second-order valence-corrected chi connectivity index (χ2v) is 10.1. The molecule has 3 aromatic heterocycles. The van der Waals surface area contributed by atoms with Crippen LogP contribution in [0.1, 0.15) is 0 Å². The van der Waals surface area contributed by atoms with Gasteiger partial charge in [-0.25, -0.2) is 16.8 Å².